The third-order valence-electron chi connectivity index (χ3n) is 5.70. The molecule has 0 unspecified atom stereocenters. The highest BCUT2D eigenvalue weighted by atomic mass is 16.5. The molecule has 2 N–H and O–H groups in total. The van der Waals surface area contributed by atoms with Crippen molar-refractivity contribution in [3.63, 3.8) is 0 Å². The predicted octanol–water partition coefficient (Wildman–Crippen LogP) is 4.49. The molecule has 0 aliphatic carbocycles. The lowest BCUT2D eigenvalue weighted by Gasteiger charge is -2.12. The molecular weight excluding hydrogens is 380 g/mol. The fourth-order valence-corrected chi connectivity index (χ4v) is 4.27. The summed E-state index contributed by atoms with van der Waals surface area (Å²) in [5, 5.41) is 12.4. The van der Waals surface area contributed by atoms with Crippen LogP contribution in [0.25, 0.3) is 0 Å². The molecule has 2 aromatic carbocycles. The summed E-state index contributed by atoms with van der Waals surface area (Å²) >= 11 is 0. The van der Waals surface area contributed by atoms with Gasteiger partial charge in [0.1, 0.15) is 17.3 Å². The van der Waals surface area contributed by atoms with E-state index in [9.17, 15) is 4.79 Å². The lowest BCUT2D eigenvalue weighted by molar-refractivity contribution is -0.137. The summed E-state index contributed by atoms with van der Waals surface area (Å²) in [6, 6.07) is 18.0. The number of aromatic nitrogens is 1. The van der Waals surface area contributed by atoms with Crippen LogP contribution in [0.2, 0.25) is 0 Å². The minimum atomic E-state index is -0.796. The summed E-state index contributed by atoms with van der Waals surface area (Å²) in [7, 11) is 0. The van der Waals surface area contributed by atoms with Crippen molar-refractivity contribution < 1.29 is 19.4 Å². The second-order valence-electron chi connectivity index (χ2n) is 7.75. The Labute approximate surface area is 174 Å². The van der Waals surface area contributed by atoms with Crippen molar-refractivity contribution in [1.82, 2.24) is 4.98 Å². The fourth-order valence-electron chi connectivity index (χ4n) is 4.27. The van der Waals surface area contributed by atoms with Gasteiger partial charge in [0.2, 0.25) is 0 Å². The number of carboxylic acids is 1. The van der Waals surface area contributed by atoms with Gasteiger partial charge in [0.15, 0.2) is 0 Å². The van der Waals surface area contributed by atoms with E-state index >= 15 is 0 Å². The van der Waals surface area contributed by atoms with Crippen molar-refractivity contribution in [2.24, 2.45) is 0 Å². The van der Waals surface area contributed by atoms with E-state index in [4.69, 9.17) is 14.6 Å². The number of aliphatic carboxylic acids is 1. The fraction of sp³-hybridized carbons (Fsp3) is 0.250. The molecular formula is C24H22N2O4. The van der Waals surface area contributed by atoms with Crippen LogP contribution in [0.4, 0.5) is 11.5 Å². The van der Waals surface area contributed by atoms with Gasteiger partial charge in [0.05, 0.1) is 25.3 Å². The Morgan fingerprint density at radius 1 is 1.03 bits per heavy atom. The highest BCUT2D eigenvalue weighted by molar-refractivity contribution is 5.69. The Morgan fingerprint density at radius 3 is 2.77 bits per heavy atom. The van der Waals surface area contributed by atoms with Crippen LogP contribution in [0.3, 0.4) is 0 Å². The molecule has 3 heterocycles. The highest BCUT2D eigenvalue weighted by Crippen LogP contribution is 2.43. The molecule has 6 nitrogen and oxygen atoms in total. The number of anilines is 2. The molecule has 0 spiro atoms. The predicted molar refractivity (Wildman–Crippen MR) is 113 cm³/mol. The Kier molecular flexibility index (Phi) is 4.75. The summed E-state index contributed by atoms with van der Waals surface area (Å²) in [5.41, 5.74) is 4.25. The number of benzene rings is 2. The second kappa shape index (κ2) is 7.71. The summed E-state index contributed by atoms with van der Waals surface area (Å²) in [4.78, 5) is 15.4. The summed E-state index contributed by atoms with van der Waals surface area (Å²) < 4.78 is 11.8. The van der Waals surface area contributed by atoms with Gasteiger partial charge in [0, 0.05) is 29.2 Å². The molecule has 152 valence electrons. The van der Waals surface area contributed by atoms with Crippen molar-refractivity contribution in [1.29, 1.82) is 0 Å². The number of para-hydroxylation sites is 1. The molecule has 3 aromatic rings. The number of carboxylic acid groups (broad SMARTS) is 1. The third-order valence-corrected chi connectivity index (χ3v) is 5.70. The molecule has 2 atom stereocenters. The van der Waals surface area contributed by atoms with Crippen LogP contribution in [0.15, 0.2) is 60.8 Å². The van der Waals surface area contributed by atoms with Gasteiger partial charge in [-0.1, -0.05) is 30.3 Å². The van der Waals surface area contributed by atoms with Gasteiger partial charge in [-0.25, -0.2) is 4.98 Å². The maximum Gasteiger partial charge on any atom is 0.304 e. The Hall–Kier alpha value is -3.54. The van der Waals surface area contributed by atoms with Gasteiger partial charge in [-0.2, -0.15) is 0 Å². The van der Waals surface area contributed by atoms with E-state index < -0.39 is 5.97 Å². The van der Waals surface area contributed by atoms with Crippen molar-refractivity contribution in [2.45, 2.75) is 24.7 Å². The van der Waals surface area contributed by atoms with Crippen LogP contribution in [0.1, 0.15) is 34.9 Å². The van der Waals surface area contributed by atoms with Crippen LogP contribution in [0.5, 0.6) is 11.5 Å². The first-order valence-electron chi connectivity index (χ1n) is 10.1. The average molecular weight is 402 g/mol. The Morgan fingerprint density at radius 2 is 1.93 bits per heavy atom. The van der Waals surface area contributed by atoms with Gasteiger partial charge in [-0.15, -0.1) is 0 Å². The number of carbonyl (C=O) groups is 1. The normalized spacial score (nSPS) is 18.8. The molecule has 2 aliphatic rings. The number of nitrogens with zero attached hydrogens (tertiary/aromatic N) is 1. The van der Waals surface area contributed by atoms with Crippen molar-refractivity contribution >= 4 is 17.5 Å². The highest BCUT2D eigenvalue weighted by Gasteiger charge is 2.29. The van der Waals surface area contributed by atoms with E-state index in [0.29, 0.717) is 13.2 Å². The Balaban J connectivity index is 1.34. The zero-order valence-electron chi connectivity index (χ0n) is 16.4. The minimum Gasteiger partial charge on any atom is -0.493 e. The molecule has 0 saturated heterocycles. The second-order valence-corrected chi connectivity index (χ2v) is 7.75. The number of hydrogen-bond acceptors (Lipinski definition) is 5. The molecule has 1 aromatic heterocycles. The summed E-state index contributed by atoms with van der Waals surface area (Å²) in [6.45, 7) is 1.05. The molecule has 0 fully saturated rings. The largest absolute Gasteiger partial charge is 0.493 e. The molecule has 2 aliphatic heterocycles. The molecule has 6 heteroatoms. The van der Waals surface area contributed by atoms with Gasteiger partial charge < -0.3 is 19.9 Å². The smallest absolute Gasteiger partial charge is 0.304 e. The van der Waals surface area contributed by atoms with Gasteiger partial charge >= 0.3 is 5.97 Å². The summed E-state index contributed by atoms with van der Waals surface area (Å²) in [5.74, 6) is 1.86. The van der Waals surface area contributed by atoms with E-state index in [1.807, 2.05) is 42.5 Å². The van der Waals surface area contributed by atoms with Crippen LogP contribution < -0.4 is 14.8 Å². The van der Waals surface area contributed by atoms with Gasteiger partial charge in [0.25, 0.3) is 0 Å². The van der Waals surface area contributed by atoms with E-state index in [-0.39, 0.29) is 18.3 Å². The molecule has 5 rings (SSSR count). The first-order valence-corrected chi connectivity index (χ1v) is 10.1. The minimum absolute atomic E-state index is 0.0673. The van der Waals surface area contributed by atoms with Crippen LogP contribution in [0, 0.1) is 0 Å². The molecule has 0 bridgehead atoms. The maximum absolute atomic E-state index is 11.0. The first-order chi connectivity index (χ1) is 14.7. The topological polar surface area (TPSA) is 80.7 Å². The molecule has 0 saturated carbocycles. The number of rotatable bonds is 6. The van der Waals surface area contributed by atoms with Crippen LogP contribution >= 0.6 is 0 Å². The monoisotopic (exact) mass is 402 g/mol. The first kappa shape index (κ1) is 18.5. The number of nitrogens with one attached hydrogen (secondary N) is 1. The quantitative estimate of drug-likeness (QED) is 0.632. The number of ether oxygens (including phenoxy) is 2. The number of hydrogen-bond donors (Lipinski definition) is 2. The SMILES string of the molecule is O=C(O)C[C@@H]1COc2cc(C[C@@H]3COc4c(Nc5ccccn5)cccc43)ccc21. The van der Waals surface area contributed by atoms with Crippen molar-refractivity contribution in [3.05, 3.63) is 77.5 Å². The lowest BCUT2D eigenvalue weighted by Crippen LogP contribution is -2.07. The Bertz CT molecular complexity index is 1080. The van der Waals surface area contributed by atoms with E-state index in [2.05, 4.69) is 22.4 Å². The molecule has 0 amide bonds. The third kappa shape index (κ3) is 3.56. The lowest BCUT2D eigenvalue weighted by atomic mass is 9.91. The molecule has 0 radical (unpaired) electrons. The van der Waals surface area contributed by atoms with Gasteiger partial charge in [-0.3, -0.25) is 4.79 Å². The summed E-state index contributed by atoms with van der Waals surface area (Å²) in [6.07, 6.45) is 2.69. The van der Waals surface area contributed by atoms with E-state index in [0.717, 1.165) is 40.6 Å². The van der Waals surface area contributed by atoms with Crippen LogP contribution in [-0.4, -0.2) is 29.3 Å². The van der Waals surface area contributed by atoms with Crippen molar-refractivity contribution in [3.8, 4) is 11.5 Å². The zero-order chi connectivity index (χ0) is 20.5. The number of pyridine rings is 1. The number of fused-ring (bicyclic) bond motifs is 2. The van der Waals surface area contributed by atoms with E-state index in [1.165, 1.54) is 5.56 Å². The average Bonchev–Trinajstić information content (AvgIpc) is 3.33. The van der Waals surface area contributed by atoms with Gasteiger partial charge in [-0.05, 0) is 36.2 Å². The standard InChI is InChI=1S/C24H22N2O4/c27-23(28)12-17-13-29-21-11-15(7-8-18(17)21)10-16-14-30-24-19(16)4-3-5-20(24)26-22-6-1-2-9-25-22/h1-9,11,16-17H,10,12-14H2,(H,25,26)(H,27,28)/t16-,17-/m1/s1. The van der Waals surface area contributed by atoms with Crippen LogP contribution in [-0.2, 0) is 11.2 Å². The van der Waals surface area contributed by atoms with E-state index in [1.54, 1.807) is 6.20 Å². The zero-order valence-corrected chi connectivity index (χ0v) is 16.4. The maximum atomic E-state index is 11.0. The van der Waals surface area contributed by atoms with Crippen molar-refractivity contribution in [2.75, 3.05) is 18.5 Å². The molecule has 30 heavy (non-hydrogen) atoms.